The lowest BCUT2D eigenvalue weighted by molar-refractivity contribution is 0.128. The Balaban J connectivity index is 1.53. The van der Waals surface area contributed by atoms with Gasteiger partial charge in [0.05, 0.1) is 5.56 Å². The smallest absolute Gasteiger partial charge is 0.139 e. The second-order valence-electron chi connectivity index (χ2n) is 9.59. The first-order valence-electron chi connectivity index (χ1n) is 13.3. The Morgan fingerprint density at radius 3 is 2.19 bits per heavy atom. The molecule has 8 heteroatoms. The zero-order chi connectivity index (χ0) is 26.0. The van der Waals surface area contributed by atoms with E-state index in [9.17, 15) is 8.78 Å². The summed E-state index contributed by atoms with van der Waals surface area (Å²) in [7, 11) is 1.82. The molecule has 0 saturated carbocycles. The highest BCUT2D eigenvalue weighted by atomic mass is 19.1. The fourth-order valence-corrected chi connectivity index (χ4v) is 5.13. The molecule has 3 aromatic rings. The fraction of sp³-hybridized carbons (Fsp3) is 0.448. The van der Waals surface area contributed by atoms with Gasteiger partial charge in [-0.3, -0.25) is 4.90 Å². The highest BCUT2D eigenvalue weighted by Crippen LogP contribution is 2.32. The third-order valence-corrected chi connectivity index (χ3v) is 6.99. The molecule has 2 aromatic carbocycles. The van der Waals surface area contributed by atoms with Crippen LogP contribution in [0, 0.1) is 11.6 Å². The van der Waals surface area contributed by atoms with Gasteiger partial charge < -0.3 is 15.5 Å². The van der Waals surface area contributed by atoms with Crippen molar-refractivity contribution in [3.05, 3.63) is 72.1 Å². The molecule has 2 heterocycles. The number of hydrogen-bond acceptors (Lipinski definition) is 6. The number of rotatable bonds is 12. The van der Waals surface area contributed by atoms with Crippen LogP contribution in [-0.2, 0) is 0 Å². The number of anilines is 2. The van der Waals surface area contributed by atoms with Gasteiger partial charge in [-0.05, 0) is 74.3 Å². The number of likely N-dealkylation sites (tertiary alicyclic amines) is 1. The Morgan fingerprint density at radius 2 is 1.54 bits per heavy atom. The maximum Gasteiger partial charge on any atom is 0.139 e. The maximum atomic E-state index is 13.7. The lowest BCUT2D eigenvalue weighted by Crippen LogP contribution is -2.42. The van der Waals surface area contributed by atoms with E-state index in [-0.39, 0.29) is 17.7 Å². The summed E-state index contributed by atoms with van der Waals surface area (Å²) in [5.74, 6) is 0.902. The predicted molar refractivity (Wildman–Crippen MR) is 147 cm³/mol. The van der Waals surface area contributed by atoms with Gasteiger partial charge >= 0.3 is 0 Å². The van der Waals surface area contributed by atoms with Gasteiger partial charge in [-0.25, -0.2) is 18.7 Å². The van der Waals surface area contributed by atoms with Gasteiger partial charge in [0.2, 0.25) is 0 Å². The van der Waals surface area contributed by atoms with Crippen molar-refractivity contribution in [2.24, 2.45) is 0 Å². The van der Waals surface area contributed by atoms with Crippen LogP contribution in [0.5, 0.6) is 0 Å². The molecule has 6 nitrogen and oxygen atoms in total. The van der Waals surface area contributed by atoms with E-state index >= 15 is 0 Å². The summed E-state index contributed by atoms with van der Waals surface area (Å²) in [6.07, 6.45) is 6.32. The van der Waals surface area contributed by atoms with Crippen molar-refractivity contribution >= 4 is 11.6 Å². The lowest BCUT2D eigenvalue weighted by atomic mass is 10.0. The van der Waals surface area contributed by atoms with Gasteiger partial charge in [0.1, 0.15) is 29.6 Å². The van der Waals surface area contributed by atoms with Crippen LogP contribution >= 0.6 is 0 Å². The topological polar surface area (TPSA) is 56.3 Å². The van der Waals surface area contributed by atoms with Crippen molar-refractivity contribution in [1.82, 2.24) is 19.8 Å². The first kappa shape index (κ1) is 26.9. The molecular formula is C29H38F2N6. The van der Waals surface area contributed by atoms with Crippen molar-refractivity contribution in [2.45, 2.75) is 38.6 Å². The Hall–Kier alpha value is -3.10. The summed E-state index contributed by atoms with van der Waals surface area (Å²) >= 11 is 0. The molecule has 0 radical (unpaired) electrons. The Kier molecular flexibility index (Phi) is 9.79. The van der Waals surface area contributed by atoms with Crippen LogP contribution in [-0.4, -0.2) is 66.1 Å². The largest absolute Gasteiger partial charge is 0.372 e. The molecule has 1 unspecified atom stereocenters. The van der Waals surface area contributed by atoms with E-state index in [4.69, 9.17) is 0 Å². The number of halogens is 2. The van der Waals surface area contributed by atoms with Crippen LogP contribution in [0.2, 0.25) is 0 Å². The van der Waals surface area contributed by atoms with E-state index in [0.717, 1.165) is 55.8 Å². The zero-order valence-electron chi connectivity index (χ0n) is 21.9. The molecule has 2 N–H and O–H groups in total. The average molecular weight is 509 g/mol. The molecule has 0 amide bonds. The summed E-state index contributed by atoms with van der Waals surface area (Å²) in [6, 6.07) is 13.5. The van der Waals surface area contributed by atoms with Crippen molar-refractivity contribution in [1.29, 1.82) is 0 Å². The van der Waals surface area contributed by atoms with Crippen molar-refractivity contribution < 1.29 is 8.78 Å². The predicted octanol–water partition coefficient (Wildman–Crippen LogP) is 5.81. The lowest BCUT2D eigenvalue weighted by Gasteiger charge is -2.37. The van der Waals surface area contributed by atoms with Gasteiger partial charge in [0, 0.05) is 32.7 Å². The zero-order valence-corrected chi connectivity index (χ0v) is 21.9. The fourth-order valence-electron chi connectivity index (χ4n) is 5.13. The van der Waals surface area contributed by atoms with E-state index in [1.807, 2.05) is 19.2 Å². The third-order valence-electron chi connectivity index (χ3n) is 6.99. The van der Waals surface area contributed by atoms with E-state index in [1.165, 1.54) is 37.7 Å². The molecule has 0 spiro atoms. The van der Waals surface area contributed by atoms with Gasteiger partial charge in [-0.2, -0.15) is 0 Å². The molecule has 1 aliphatic heterocycles. The summed E-state index contributed by atoms with van der Waals surface area (Å²) in [5.41, 5.74) is 2.80. The molecule has 0 bridgehead atoms. The number of benzene rings is 2. The Morgan fingerprint density at radius 1 is 0.892 bits per heavy atom. The Labute approximate surface area is 219 Å². The van der Waals surface area contributed by atoms with E-state index in [2.05, 4.69) is 37.3 Å². The molecule has 1 fully saturated rings. The number of aromatic nitrogens is 2. The maximum absolute atomic E-state index is 13.7. The summed E-state index contributed by atoms with van der Waals surface area (Å²) in [4.78, 5) is 13.9. The molecule has 1 saturated heterocycles. The monoisotopic (exact) mass is 508 g/mol. The molecule has 1 aliphatic rings. The van der Waals surface area contributed by atoms with Crippen molar-refractivity contribution in [3.63, 3.8) is 0 Å². The van der Waals surface area contributed by atoms with Crippen LogP contribution in [0.1, 0.15) is 44.2 Å². The minimum absolute atomic E-state index is 0.176. The second kappa shape index (κ2) is 13.4. The first-order valence-corrected chi connectivity index (χ1v) is 13.3. The second-order valence-corrected chi connectivity index (χ2v) is 9.59. The van der Waals surface area contributed by atoms with E-state index < -0.39 is 0 Å². The highest BCUT2D eigenvalue weighted by Gasteiger charge is 2.24. The standard InChI is InChI=1S/C29H38F2N6/c1-3-16-37(26(20-36-17-5-4-6-18-36)22-7-11-24(30)12-8-22)19-15-33-29-27(28(32-2)34-21-35-29)23-9-13-25(31)14-10-23/h7-14,21,26H,3-6,15-20H2,1-2H3,(H2,32,33,34,35). The molecule has 4 rings (SSSR count). The summed E-state index contributed by atoms with van der Waals surface area (Å²) < 4.78 is 27.3. The number of hydrogen-bond donors (Lipinski definition) is 2. The normalized spacial score (nSPS) is 15.1. The van der Waals surface area contributed by atoms with Crippen LogP contribution < -0.4 is 10.6 Å². The number of piperidine rings is 1. The van der Waals surface area contributed by atoms with Gasteiger partial charge in [0.25, 0.3) is 0 Å². The highest BCUT2D eigenvalue weighted by molar-refractivity contribution is 5.84. The van der Waals surface area contributed by atoms with Crippen LogP contribution in [0.25, 0.3) is 11.1 Å². The van der Waals surface area contributed by atoms with Gasteiger partial charge in [0.15, 0.2) is 0 Å². The van der Waals surface area contributed by atoms with E-state index in [1.54, 1.807) is 24.3 Å². The molecule has 198 valence electrons. The van der Waals surface area contributed by atoms with Crippen molar-refractivity contribution in [3.8, 4) is 11.1 Å². The molecule has 1 atom stereocenters. The number of nitrogens with zero attached hydrogens (tertiary/aromatic N) is 4. The van der Waals surface area contributed by atoms with Gasteiger partial charge in [-0.15, -0.1) is 0 Å². The average Bonchev–Trinajstić information content (AvgIpc) is 2.93. The van der Waals surface area contributed by atoms with Crippen molar-refractivity contribution in [2.75, 3.05) is 56.9 Å². The third kappa shape index (κ3) is 7.23. The molecule has 0 aliphatic carbocycles. The van der Waals surface area contributed by atoms with Crippen LogP contribution in [0.15, 0.2) is 54.9 Å². The van der Waals surface area contributed by atoms with Gasteiger partial charge in [-0.1, -0.05) is 37.6 Å². The summed E-state index contributed by atoms with van der Waals surface area (Å²) in [5, 5.41) is 6.64. The van der Waals surface area contributed by atoms with E-state index in [0.29, 0.717) is 18.2 Å². The first-order chi connectivity index (χ1) is 18.1. The van der Waals surface area contributed by atoms with Crippen LogP contribution in [0.4, 0.5) is 20.4 Å². The summed E-state index contributed by atoms with van der Waals surface area (Å²) in [6.45, 7) is 7.77. The van der Waals surface area contributed by atoms with Crippen LogP contribution in [0.3, 0.4) is 0 Å². The minimum Gasteiger partial charge on any atom is -0.372 e. The molecular weight excluding hydrogens is 470 g/mol. The SMILES string of the molecule is CCCN(CCNc1ncnc(NC)c1-c1ccc(F)cc1)C(CN1CCCCC1)c1ccc(F)cc1. The molecule has 37 heavy (non-hydrogen) atoms. The quantitative estimate of drug-likeness (QED) is 0.322. The number of nitrogens with one attached hydrogen (secondary N) is 2. The molecule has 1 aromatic heterocycles. The minimum atomic E-state index is -0.281. The Bertz CT molecular complexity index is 1100.